The third-order valence-electron chi connectivity index (χ3n) is 5.61. The Morgan fingerprint density at radius 2 is 2.22 bits per heavy atom. The van der Waals surface area contributed by atoms with Crippen molar-refractivity contribution in [1.29, 1.82) is 0 Å². The first-order valence-corrected chi connectivity index (χ1v) is 8.58. The number of hydrogen-bond donors (Lipinski definition) is 2. The Balaban J connectivity index is 2.05. The highest BCUT2D eigenvalue weighted by Gasteiger charge is 2.38. The van der Waals surface area contributed by atoms with Crippen molar-refractivity contribution >= 4 is 6.41 Å². The molecule has 1 saturated heterocycles. The number of hydrogen-bond acceptors (Lipinski definition) is 3. The SMILES string of the molecule is CC(C)[C@@H](CN1CC[C@@](C)(c2cccc(O)c2)C(C)C1)NC=O. The van der Waals surface area contributed by atoms with Crippen LogP contribution in [0, 0.1) is 11.8 Å². The van der Waals surface area contributed by atoms with Gasteiger partial charge in [0.05, 0.1) is 0 Å². The summed E-state index contributed by atoms with van der Waals surface area (Å²) >= 11 is 0. The number of carbonyl (C=O) groups excluding carboxylic acids is 1. The van der Waals surface area contributed by atoms with Crippen LogP contribution in [-0.4, -0.2) is 42.1 Å². The second-order valence-electron chi connectivity index (χ2n) is 7.51. The molecule has 1 aliphatic rings. The molecule has 1 fully saturated rings. The van der Waals surface area contributed by atoms with E-state index < -0.39 is 0 Å². The van der Waals surface area contributed by atoms with Gasteiger partial charge in [0.2, 0.25) is 6.41 Å². The quantitative estimate of drug-likeness (QED) is 0.793. The summed E-state index contributed by atoms with van der Waals surface area (Å²) in [4.78, 5) is 13.2. The van der Waals surface area contributed by atoms with Crippen LogP contribution in [0.1, 0.15) is 39.7 Å². The summed E-state index contributed by atoms with van der Waals surface area (Å²) in [7, 11) is 0. The van der Waals surface area contributed by atoms with E-state index >= 15 is 0 Å². The number of aromatic hydroxyl groups is 1. The Hall–Kier alpha value is -1.55. The van der Waals surface area contributed by atoms with Crippen molar-refractivity contribution in [3.8, 4) is 5.75 Å². The number of nitrogens with one attached hydrogen (secondary N) is 1. The summed E-state index contributed by atoms with van der Waals surface area (Å²) in [5.41, 5.74) is 1.30. The minimum Gasteiger partial charge on any atom is -0.508 e. The van der Waals surface area contributed by atoms with Crippen molar-refractivity contribution in [3.63, 3.8) is 0 Å². The molecule has 4 nitrogen and oxygen atoms in total. The first-order chi connectivity index (χ1) is 10.9. The Kier molecular flexibility index (Phi) is 5.69. The zero-order chi connectivity index (χ0) is 17.0. The van der Waals surface area contributed by atoms with Crippen LogP contribution in [0.2, 0.25) is 0 Å². The Bertz CT molecular complexity index is 532. The van der Waals surface area contributed by atoms with Crippen LogP contribution in [-0.2, 0) is 10.2 Å². The van der Waals surface area contributed by atoms with Gasteiger partial charge < -0.3 is 15.3 Å². The molecule has 128 valence electrons. The fraction of sp³-hybridized carbons (Fsp3) is 0.632. The van der Waals surface area contributed by atoms with E-state index in [0.717, 1.165) is 32.5 Å². The van der Waals surface area contributed by atoms with Crippen molar-refractivity contribution in [3.05, 3.63) is 29.8 Å². The molecular formula is C19H30N2O2. The molecule has 0 radical (unpaired) electrons. The fourth-order valence-corrected chi connectivity index (χ4v) is 3.59. The number of carbonyl (C=O) groups is 1. The predicted octanol–water partition coefficient (Wildman–Crippen LogP) is 2.76. The van der Waals surface area contributed by atoms with Crippen LogP contribution >= 0.6 is 0 Å². The van der Waals surface area contributed by atoms with Gasteiger partial charge in [-0.1, -0.05) is 39.8 Å². The van der Waals surface area contributed by atoms with E-state index in [1.165, 1.54) is 5.56 Å². The maximum absolute atomic E-state index is 10.8. The molecule has 1 aromatic rings. The summed E-state index contributed by atoms with van der Waals surface area (Å²) in [6.07, 6.45) is 1.87. The van der Waals surface area contributed by atoms with Crippen LogP contribution in [0.4, 0.5) is 0 Å². The molecule has 2 rings (SSSR count). The van der Waals surface area contributed by atoms with Crippen molar-refractivity contribution in [2.45, 2.75) is 45.6 Å². The van der Waals surface area contributed by atoms with Gasteiger partial charge in [-0.15, -0.1) is 0 Å². The minimum absolute atomic E-state index is 0.0840. The van der Waals surface area contributed by atoms with Gasteiger partial charge in [-0.05, 0) is 47.9 Å². The predicted molar refractivity (Wildman–Crippen MR) is 93.5 cm³/mol. The highest BCUT2D eigenvalue weighted by Crippen LogP contribution is 2.40. The molecule has 0 saturated carbocycles. The number of benzene rings is 1. The zero-order valence-electron chi connectivity index (χ0n) is 14.7. The van der Waals surface area contributed by atoms with Crippen LogP contribution in [0.15, 0.2) is 24.3 Å². The van der Waals surface area contributed by atoms with Crippen molar-refractivity contribution in [1.82, 2.24) is 10.2 Å². The lowest BCUT2D eigenvalue weighted by Crippen LogP contribution is -2.52. The lowest BCUT2D eigenvalue weighted by Gasteiger charge is -2.46. The molecule has 2 N–H and O–H groups in total. The Morgan fingerprint density at radius 3 is 2.78 bits per heavy atom. The molecule has 1 aliphatic heterocycles. The summed E-state index contributed by atoms with van der Waals surface area (Å²) in [6.45, 7) is 11.8. The third kappa shape index (κ3) is 4.05. The molecule has 1 unspecified atom stereocenters. The summed E-state index contributed by atoms with van der Waals surface area (Å²) in [6, 6.07) is 7.88. The molecule has 1 aromatic carbocycles. The molecule has 1 amide bonds. The van der Waals surface area contributed by atoms with E-state index in [1.54, 1.807) is 6.07 Å². The fourth-order valence-electron chi connectivity index (χ4n) is 3.59. The van der Waals surface area contributed by atoms with Gasteiger partial charge in [0.1, 0.15) is 5.75 Å². The molecule has 4 heteroatoms. The standard InChI is InChI=1S/C19H30N2O2/c1-14(2)18(20-13-22)12-21-9-8-19(4,15(3)11-21)16-6-5-7-17(23)10-16/h5-7,10,13-15,18,23H,8-9,11-12H2,1-4H3,(H,20,22)/t15?,18-,19-/m1/s1. The van der Waals surface area contributed by atoms with Crippen LogP contribution in [0.5, 0.6) is 5.75 Å². The maximum atomic E-state index is 10.8. The first kappa shape index (κ1) is 17.8. The van der Waals surface area contributed by atoms with Gasteiger partial charge in [0.15, 0.2) is 0 Å². The third-order valence-corrected chi connectivity index (χ3v) is 5.61. The summed E-state index contributed by atoms with van der Waals surface area (Å²) in [5.74, 6) is 1.25. The van der Waals surface area contributed by atoms with Gasteiger partial charge in [-0.3, -0.25) is 4.79 Å². The number of nitrogens with zero attached hydrogens (tertiary/aromatic N) is 1. The van der Waals surface area contributed by atoms with Crippen LogP contribution in [0.3, 0.4) is 0 Å². The van der Waals surface area contributed by atoms with Crippen molar-refractivity contribution in [2.75, 3.05) is 19.6 Å². The van der Waals surface area contributed by atoms with Gasteiger partial charge in [0.25, 0.3) is 0 Å². The van der Waals surface area contributed by atoms with E-state index in [4.69, 9.17) is 0 Å². The zero-order valence-corrected chi connectivity index (χ0v) is 14.7. The number of phenols is 1. The average molecular weight is 318 g/mol. The van der Waals surface area contributed by atoms with Gasteiger partial charge in [0, 0.05) is 19.1 Å². The molecule has 1 heterocycles. The molecule has 0 aliphatic carbocycles. The minimum atomic E-state index is 0.0840. The number of amides is 1. The maximum Gasteiger partial charge on any atom is 0.207 e. The number of phenolic OH excluding ortho intramolecular Hbond substituents is 1. The smallest absolute Gasteiger partial charge is 0.207 e. The highest BCUT2D eigenvalue weighted by molar-refractivity contribution is 5.46. The molecular weight excluding hydrogens is 288 g/mol. The topological polar surface area (TPSA) is 52.6 Å². The van der Waals surface area contributed by atoms with Gasteiger partial charge in [-0.25, -0.2) is 0 Å². The van der Waals surface area contributed by atoms with E-state index in [9.17, 15) is 9.90 Å². The first-order valence-electron chi connectivity index (χ1n) is 8.58. The van der Waals surface area contributed by atoms with E-state index in [1.807, 2.05) is 12.1 Å². The largest absolute Gasteiger partial charge is 0.508 e. The number of rotatable bonds is 6. The molecule has 3 atom stereocenters. The molecule has 0 bridgehead atoms. The second kappa shape index (κ2) is 7.35. The van der Waals surface area contributed by atoms with Gasteiger partial charge >= 0.3 is 0 Å². The highest BCUT2D eigenvalue weighted by atomic mass is 16.3. The van der Waals surface area contributed by atoms with Crippen LogP contribution in [0.25, 0.3) is 0 Å². The Labute approximate surface area is 139 Å². The normalized spacial score (nSPS) is 26.9. The summed E-state index contributed by atoms with van der Waals surface area (Å²) < 4.78 is 0. The van der Waals surface area contributed by atoms with Crippen molar-refractivity contribution in [2.24, 2.45) is 11.8 Å². The lowest BCUT2D eigenvalue weighted by molar-refractivity contribution is -0.110. The number of piperidine rings is 1. The average Bonchev–Trinajstić information content (AvgIpc) is 2.50. The molecule has 0 spiro atoms. The van der Waals surface area contributed by atoms with Crippen LogP contribution < -0.4 is 5.32 Å². The Morgan fingerprint density at radius 1 is 1.48 bits per heavy atom. The van der Waals surface area contributed by atoms with Gasteiger partial charge in [-0.2, -0.15) is 0 Å². The monoisotopic (exact) mass is 318 g/mol. The second-order valence-corrected chi connectivity index (χ2v) is 7.51. The van der Waals surface area contributed by atoms with E-state index in [-0.39, 0.29) is 11.5 Å². The summed E-state index contributed by atoms with van der Waals surface area (Å²) in [5, 5.41) is 12.7. The number of likely N-dealkylation sites (tertiary alicyclic amines) is 1. The van der Waals surface area contributed by atoms with E-state index in [2.05, 4.69) is 44.0 Å². The molecule has 0 aromatic heterocycles. The van der Waals surface area contributed by atoms with Crippen molar-refractivity contribution < 1.29 is 9.90 Å². The molecule has 23 heavy (non-hydrogen) atoms. The lowest BCUT2D eigenvalue weighted by atomic mass is 9.68. The van der Waals surface area contributed by atoms with E-state index in [0.29, 0.717) is 17.6 Å².